The molecule has 1 saturated heterocycles. The molecule has 5 nitrogen and oxygen atoms in total. The molecule has 4 N–H and O–H groups in total. The fourth-order valence-corrected chi connectivity index (χ4v) is 2.38. The van der Waals surface area contributed by atoms with Crippen molar-refractivity contribution >= 4 is 17.3 Å². The van der Waals surface area contributed by atoms with Crippen LogP contribution >= 0.6 is 0 Å². The Morgan fingerprint density at radius 1 is 1.37 bits per heavy atom. The van der Waals surface area contributed by atoms with E-state index in [-0.39, 0.29) is 5.91 Å². The lowest BCUT2D eigenvalue weighted by Crippen LogP contribution is -2.34. The number of carbonyl (C=O) groups is 1. The largest absolute Gasteiger partial charge is 0.399 e. The smallest absolute Gasteiger partial charge is 0.255 e. The average Bonchev–Trinajstić information content (AvgIpc) is 2.39. The van der Waals surface area contributed by atoms with E-state index in [0.29, 0.717) is 22.9 Å². The molecule has 0 radical (unpaired) electrons. The summed E-state index contributed by atoms with van der Waals surface area (Å²) >= 11 is 0. The highest BCUT2D eigenvalue weighted by atomic mass is 16.5. The number of nitrogens with zero attached hydrogens (tertiary/aromatic N) is 1. The summed E-state index contributed by atoms with van der Waals surface area (Å²) in [5.74, 6) is 0.460. The van der Waals surface area contributed by atoms with Gasteiger partial charge in [0, 0.05) is 38.2 Å². The van der Waals surface area contributed by atoms with Crippen molar-refractivity contribution in [1.29, 1.82) is 0 Å². The van der Waals surface area contributed by atoms with Crippen LogP contribution in [0.3, 0.4) is 0 Å². The summed E-state index contributed by atoms with van der Waals surface area (Å²) in [7, 11) is 1.81. The Kier molecular flexibility index (Phi) is 4.27. The highest BCUT2D eigenvalue weighted by Crippen LogP contribution is 2.20. The zero-order chi connectivity index (χ0) is 13.8. The average molecular weight is 263 g/mol. The van der Waals surface area contributed by atoms with Gasteiger partial charge in [-0.05, 0) is 37.0 Å². The zero-order valence-electron chi connectivity index (χ0n) is 11.3. The molecule has 1 fully saturated rings. The van der Waals surface area contributed by atoms with E-state index in [1.807, 2.05) is 7.05 Å². The van der Waals surface area contributed by atoms with Crippen LogP contribution in [-0.2, 0) is 4.74 Å². The third-order valence-electron chi connectivity index (χ3n) is 3.53. The number of ether oxygens (including phenoxy) is 1. The van der Waals surface area contributed by atoms with Crippen LogP contribution in [0.5, 0.6) is 0 Å². The maximum atomic E-state index is 12.3. The molecule has 19 heavy (non-hydrogen) atoms. The molecule has 1 aromatic rings. The van der Waals surface area contributed by atoms with Crippen LogP contribution in [0, 0.1) is 5.92 Å². The van der Waals surface area contributed by atoms with E-state index in [4.69, 9.17) is 16.2 Å². The molecule has 1 amide bonds. The quantitative estimate of drug-likeness (QED) is 0.806. The first-order valence-corrected chi connectivity index (χ1v) is 6.56. The molecule has 0 aromatic heterocycles. The maximum Gasteiger partial charge on any atom is 0.255 e. The highest BCUT2D eigenvalue weighted by molar-refractivity contribution is 5.99. The molecule has 1 aromatic carbocycles. The van der Waals surface area contributed by atoms with Gasteiger partial charge in [0.25, 0.3) is 5.91 Å². The third kappa shape index (κ3) is 3.38. The van der Waals surface area contributed by atoms with Crippen LogP contribution in [0.25, 0.3) is 0 Å². The summed E-state index contributed by atoms with van der Waals surface area (Å²) in [6.45, 7) is 2.32. The first-order valence-electron chi connectivity index (χ1n) is 6.56. The summed E-state index contributed by atoms with van der Waals surface area (Å²) in [5.41, 5.74) is 13.0. The van der Waals surface area contributed by atoms with E-state index in [1.54, 1.807) is 23.1 Å². The topological polar surface area (TPSA) is 81.6 Å². The van der Waals surface area contributed by atoms with Gasteiger partial charge in [-0.2, -0.15) is 0 Å². The minimum atomic E-state index is -0.0519. The summed E-state index contributed by atoms with van der Waals surface area (Å²) in [6, 6.07) is 5.01. The second-order valence-corrected chi connectivity index (χ2v) is 5.09. The van der Waals surface area contributed by atoms with E-state index in [0.717, 1.165) is 32.6 Å². The standard InChI is InChI=1S/C14H21N3O2/c1-17(9-10-4-6-19-7-5-10)14(18)12-3-2-11(15)8-13(12)16/h2-3,8,10H,4-7,9,15-16H2,1H3. The third-order valence-corrected chi connectivity index (χ3v) is 3.53. The Bertz CT molecular complexity index is 456. The second-order valence-electron chi connectivity index (χ2n) is 5.09. The van der Waals surface area contributed by atoms with Gasteiger partial charge in [-0.1, -0.05) is 0 Å². The summed E-state index contributed by atoms with van der Waals surface area (Å²) in [6.07, 6.45) is 2.02. The molecule has 104 valence electrons. The van der Waals surface area contributed by atoms with E-state index >= 15 is 0 Å². The Balaban J connectivity index is 2.01. The number of hydrogen-bond donors (Lipinski definition) is 2. The maximum absolute atomic E-state index is 12.3. The second kappa shape index (κ2) is 5.93. The van der Waals surface area contributed by atoms with Crippen molar-refractivity contribution in [2.45, 2.75) is 12.8 Å². The number of amides is 1. The number of nitrogen functional groups attached to an aromatic ring is 2. The lowest BCUT2D eigenvalue weighted by Gasteiger charge is -2.27. The van der Waals surface area contributed by atoms with Gasteiger partial charge in [-0.3, -0.25) is 4.79 Å². The van der Waals surface area contributed by atoms with Gasteiger partial charge in [0.1, 0.15) is 0 Å². The molecule has 5 heteroatoms. The van der Waals surface area contributed by atoms with Gasteiger partial charge >= 0.3 is 0 Å². The number of carbonyl (C=O) groups excluding carboxylic acids is 1. The molecule has 0 bridgehead atoms. The fourth-order valence-electron chi connectivity index (χ4n) is 2.38. The van der Waals surface area contributed by atoms with Crippen LogP contribution < -0.4 is 11.5 Å². The number of rotatable bonds is 3. The predicted octanol–water partition coefficient (Wildman–Crippen LogP) is 1.35. The lowest BCUT2D eigenvalue weighted by atomic mass is 9.99. The van der Waals surface area contributed by atoms with Crippen molar-refractivity contribution in [3.05, 3.63) is 23.8 Å². The molecule has 0 aliphatic carbocycles. The Hall–Kier alpha value is -1.75. The highest BCUT2D eigenvalue weighted by Gasteiger charge is 2.20. The van der Waals surface area contributed by atoms with Crippen molar-refractivity contribution in [3.63, 3.8) is 0 Å². The van der Waals surface area contributed by atoms with Gasteiger partial charge in [0.15, 0.2) is 0 Å². The van der Waals surface area contributed by atoms with Crippen LogP contribution in [-0.4, -0.2) is 37.6 Å². The van der Waals surface area contributed by atoms with Gasteiger partial charge in [-0.25, -0.2) is 0 Å². The number of hydrogen-bond acceptors (Lipinski definition) is 4. The van der Waals surface area contributed by atoms with Crippen molar-refractivity contribution in [3.8, 4) is 0 Å². The Labute approximate surface area is 113 Å². The predicted molar refractivity (Wildman–Crippen MR) is 75.8 cm³/mol. The van der Waals surface area contributed by atoms with Gasteiger partial charge in [0.2, 0.25) is 0 Å². The van der Waals surface area contributed by atoms with Crippen molar-refractivity contribution in [2.75, 3.05) is 38.3 Å². The Morgan fingerprint density at radius 2 is 2.05 bits per heavy atom. The normalized spacial score (nSPS) is 16.3. The molecule has 1 aliphatic rings. The molecule has 1 aliphatic heterocycles. The first kappa shape index (κ1) is 13.7. The van der Waals surface area contributed by atoms with E-state index in [9.17, 15) is 4.79 Å². The summed E-state index contributed by atoms with van der Waals surface area (Å²) in [5, 5.41) is 0. The molecule has 0 saturated carbocycles. The van der Waals surface area contributed by atoms with Crippen molar-refractivity contribution in [2.24, 2.45) is 5.92 Å². The lowest BCUT2D eigenvalue weighted by molar-refractivity contribution is 0.0497. The summed E-state index contributed by atoms with van der Waals surface area (Å²) < 4.78 is 5.32. The Morgan fingerprint density at radius 3 is 2.68 bits per heavy atom. The number of nitrogens with two attached hydrogens (primary N) is 2. The zero-order valence-corrected chi connectivity index (χ0v) is 11.3. The first-order chi connectivity index (χ1) is 9.08. The van der Waals surface area contributed by atoms with Gasteiger partial charge in [0.05, 0.1) is 5.56 Å². The van der Waals surface area contributed by atoms with E-state index in [1.165, 1.54) is 0 Å². The van der Waals surface area contributed by atoms with Crippen LogP contribution in [0.4, 0.5) is 11.4 Å². The SMILES string of the molecule is CN(CC1CCOCC1)C(=O)c1ccc(N)cc1N. The van der Waals surface area contributed by atoms with Crippen LogP contribution in [0.15, 0.2) is 18.2 Å². The molecular weight excluding hydrogens is 242 g/mol. The number of anilines is 2. The van der Waals surface area contributed by atoms with E-state index < -0.39 is 0 Å². The molecule has 0 atom stereocenters. The van der Waals surface area contributed by atoms with Crippen molar-refractivity contribution < 1.29 is 9.53 Å². The monoisotopic (exact) mass is 263 g/mol. The molecule has 2 rings (SSSR count). The van der Waals surface area contributed by atoms with Gasteiger partial charge < -0.3 is 21.1 Å². The molecule has 1 heterocycles. The van der Waals surface area contributed by atoms with Crippen LogP contribution in [0.1, 0.15) is 23.2 Å². The minimum Gasteiger partial charge on any atom is -0.399 e. The van der Waals surface area contributed by atoms with Crippen molar-refractivity contribution in [1.82, 2.24) is 4.90 Å². The van der Waals surface area contributed by atoms with Gasteiger partial charge in [-0.15, -0.1) is 0 Å². The van der Waals surface area contributed by atoms with E-state index in [2.05, 4.69) is 0 Å². The van der Waals surface area contributed by atoms with Crippen LogP contribution in [0.2, 0.25) is 0 Å². The molecular formula is C14H21N3O2. The summed E-state index contributed by atoms with van der Waals surface area (Å²) in [4.78, 5) is 14.1. The molecule has 0 spiro atoms. The minimum absolute atomic E-state index is 0.0519. The molecule has 0 unspecified atom stereocenters. The number of benzene rings is 1. The fraction of sp³-hybridized carbons (Fsp3) is 0.500.